The second-order valence-corrected chi connectivity index (χ2v) is 8.24. The number of hydrogen-bond donors (Lipinski definition) is 2. The number of aliphatic hydroxyl groups is 1. The summed E-state index contributed by atoms with van der Waals surface area (Å²) < 4.78 is 8.35. The summed E-state index contributed by atoms with van der Waals surface area (Å²) in [5, 5.41) is 12.7. The first-order chi connectivity index (χ1) is 9.47. The zero-order chi connectivity index (χ0) is 14.8. The topological polar surface area (TPSA) is 58.6 Å². The Morgan fingerprint density at radius 1 is 1.30 bits per heavy atom. The molecule has 0 bridgehead atoms. The summed E-state index contributed by atoms with van der Waals surface area (Å²) in [7, 11) is 0. The van der Waals surface area contributed by atoms with Crippen molar-refractivity contribution in [1.82, 2.24) is 5.32 Å². The lowest BCUT2D eigenvalue weighted by Gasteiger charge is -2.36. The lowest BCUT2D eigenvalue weighted by atomic mass is 9.90. The van der Waals surface area contributed by atoms with Crippen LogP contribution in [0.2, 0.25) is 0 Å². The van der Waals surface area contributed by atoms with Crippen molar-refractivity contribution in [3.8, 4) is 0 Å². The van der Waals surface area contributed by atoms with Crippen molar-refractivity contribution >= 4 is 73.7 Å². The van der Waals surface area contributed by atoms with Gasteiger partial charge in [-0.3, -0.25) is 4.79 Å². The molecular formula is C13H14I3NO3. The number of nitrogens with one attached hydrogen (secondary N) is 1. The Labute approximate surface area is 158 Å². The van der Waals surface area contributed by atoms with E-state index in [9.17, 15) is 9.90 Å². The quantitative estimate of drug-likeness (QED) is 0.408. The van der Waals surface area contributed by atoms with Crippen molar-refractivity contribution in [3.05, 3.63) is 28.4 Å². The number of hydrogen-bond acceptors (Lipinski definition) is 3. The molecule has 1 saturated heterocycles. The number of carbonyl (C=O) groups is 1. The highest BCUT2D eigenvalue weighted by Gasteiger charge is 2.34. The predicted octanol–water partition coefficient (Wildman–Crippen LogP) is 2.77. The number of benzene rings is 1. The Hall–Kier alpha value is 0.800. The molecule has 1 aromatic rings. The van der Waals surface area contributed by atoms with Crippen LogP contribution in [0.15, 0.2) is 12.1 Å². The number of aliphatic hydroxyl groups excluding tert-OH is 1. The second kappa shape index (κ2) is 7.38. The van der Waals surface area contributed by atoms with Crippen molar-refractivity contribution < 1.29 is 14.6 Å². The van der Waals surface area contributed by atoms with E-state index >= 15 is 0 Å². The van der Waals surface area contributed by atoms with E-state index in [1.807, 2.05) is 12.1 Å². The van der Waals surface area contributed by atoms with E-state index in [-0.39, 0.29) is 12.5 Å². The maximum atomic E-state index is 12.5. The fraction of sp³-hybridized carbons (Fsp3) is 0.462. The van der Waals surface area contributed by atoms with Crippen LogP contribution in [0.5, 0.6) is 0 Å². The molecule has 110 valence electrons. The molecule has 0 unspecified atom stereocenters. The van der Waals surface area contributed by atoms with Crippen LogP contribution in [0.3, 0.4) is 0 Å². The molecule has 2 N–H and O–H groups in total. The Balaban J connectivity index is 2.23. The maximum Gasteiger partial charge on any atom is 0.252 e. The van der Waals surface area contributed by atoms with Crippen LogP contribution in [0.25, 0.3) is 0 Å². The zero-order valence-electron chi connectivity index (χ0n) is 10.6. The van der Waals surface area contributed by atoms with Crippen LogP contribution in [0, 0.1) is 10.7 Å². The lowest BCUT2D eigenvalue weighted by Crippen LogP contribution is -2.54. The van der Waals surface area contributed by atoms with Gasteiger partial charge in [0.15, 0.2) is 0 Å². The Bertz CT molecular complexity index is 516. The largest absolute Gasteiger partial charge is 0.394 e. The summed E-state index contributed by atoms with van der Waals surface area (Å²) >= 11 is 6.63. The lowest BCUT2D eigenvalue weighted by molar-refractivity contribution is 0.0125. The minimum atomic E-state index is -0.550. The first kappa shape index (κ1) is 17.2. The van der Waals surface area contributed by atoms with Crippen LogP contribution in [0.4, 0.5) is 0 Å². The third-order valence-corrected chi connectivity index (χ3v) is 7.04. The summed E-state index contributed by atoms with van der Waals surface area (Å²) in [4.78, 5) is 12.5. The van der Waals surface area contributed by atoms with E-state index in [1.54, 1.807) is 0 Å². The monoisotopic (exact) mass is 613 g/mol. The molecule has 0 radical (unpaired) electrons. The number of amides is 1. The first-order valence-electron chi connectivity index (χ1n) is 6.13. The van der Waals surface area contributed by atoms with Crippen LogP contribution in [-0.4, -0.2) is 36.4 Å². The van der Waals surface area contributed by atoms with E-state index in [0.29, 0.717) is 31.6 Å². The van der Waals surface area contributed by atoms with Crippen LogP contribution >= 0.6 is 67.8 Å². The van der Waals surface area contributed by atoms with Crippen LogP contribution in [0.1, 0.15) is 23.2 Å². The molecule has 1 aromatic carbocycles. The molecule has 0 aromatic heterocycles. The van der Waals surface area contributed by atoms with Crippen LogP contribution < -0.4 is 5.32 Å². The Morgan fingerprint density at radius 2 is 1.95 bits per heavy atom. The average molecular weight is 613 g/mol. The van der Waals surface area contributed by atoms with E-state index < -0.39 is 5.54 Å². The van der Waals surface area contributed by atoms with Gasteiger partial charge >= 0.3 is 0 Å². The minimum absolute atomic E-state index is 0.0559. The molecule has 1 amide bonds. The van der Waals surface area contributed by atoms with E-state index in [4.69, 9.17) is 4.74 Å². The summed E-state index contributed by atoms with van der Waals surface area (Å²) in [6.45, 7) is 1.09. The molecule has 4 nitrogen and oxygen atoms in total. The molecule has 20 heavy (non-hydrogen) atoms. The molecule has 0 saturated carbocycles. The number of halogens is 3. The molecular weight excluding hydrogens is 599 g/mol. The van der Waals surface area contributed by atoms with Crippen molar-refractivity contribution in [2.45, 2.75) is 18.4 Å². The van der Waals surface area contributed by atoms with Gasteiger partial charge in [-0.1, -0.05) is 0 Å². The molecule has 7 heteroatoms. The molecule has 1 aliphatic heterocycles. The van der Waals surface area contributed by atoms with Gasteiger partial charge in [0.25, 0.3) is 5.91 Å². The molecule has 1 heterocycles. The zero-order valence-corrected chi connectivity index (χ0v) is 17.1. The number of rotatable bonds is 3. The predicted molar refractivity (Wildman–Crippen MR) is 102 cm³/mol. The third-order valence-electron chi connectivity index (χ3n) is 3.37. The highest BCUT2D eigenvalue weighted by molar-refractivity contribution is 14.1. The van der Waals surface area contributed by atoms with E-state index in [1.165, 1.54) is 0 Å². The highest BCUT2D eigenvalue weighted by Crippen LogP contribution is 2.25. The number of carbonyl (C=O) groups excluding carboxylic acids is 1. The van der Waals surface area contributed by atoms with E-state index in [2.05, 4.69) is 73.1 Å². The first-order valence-corrected chi connectivity index (χ1v) is 9.37. The van der Waals surface area contributed by atoms with Crippen molar-refractivity contribution in [3.63, 3.8) is 0 Å². The van der Waals surface area contributed by atoms with Crippen molar-refractivity contribution in [1.29, 1.82) is 0 Å². The molecule has 0 atom stereocenters. The van der Waals surface area contributed by atoms with Gasteiger partial charge in [0.05, 0.1) is 17.7 Å². The minimum Gasteiger partial charge on any atom is -0.394 e. The third kappa shape index (κ3) is 3.96. The SMILES string of the molecule is O=C(NC1(CO)CCOCC1)c1cc(I)cc(I)c1I. The number of ether oxygens (including phenoxy) is 1. The van der Waals surface area contributed by atoms with Gasteiger partial charge in [-0.2, -0.15) is 0 Å². The fourth-order valence-corrected chi connectivity index (χ4v) is 4.52. The highest BCUT2D eigenvalue weighted by atomic mass is 127. The summed E-state index contributed by atoms with van der Waals surface area (Å²) in [6.07, 6.45) is 1.29. The van der Waals surface area contributed by atoms with Gasteiger partial charge in [0.2, 0.25) is 0 Å². The Kier molecular flexibility index (Phi) is 6.33. The van der Waals surface area contributed by atoms with Gasteiger partial charge in [0.1, 0.15) is 0 Å². The average Bonchev–Trinajstić information content (AvgIpc) is 2.43. The van der Waals surface area contributed by atoms with Gasteiger partial charge < -0.3 is 15.2 Å². The van der Waals surface area contributed by atoms with Gasteiger partial charge in [-0.05, 0) is 92.7 Å². The molecule has 0 spiro atoms. The second-order valence-electron chi connectivity index (χ2n) is 4.75. The fourth-order valence-electron chi connectivity index (χ4n) is 2.11. The molecule has 1 aliphatic rings. The summed E-state index contributed by atoms with van der Waals surface area (Å²) in [5.41, 5.74) is 0.117. The van der Waals surface area contributed by atoms with Crippen molar-refractivity contribution in [2.75, 3.05) is 19.8 Å². The van der Waals surface area contributed by atoms with Crippen molar-refractivity contribution in [2.24, 2.45) is 0 Å². The normalized spacial score (nSPS) is 17.8. The van der Waals surface area contributed by atoms with Crippen LogP contribution in [-0.2, 0) is 4.74 Å². The summed E-state index contributed by atoms with van der Waals surface area (Å²) in [5.74, 6) is -0.123. The van der Waals surface area contributed by atoms with E-state index in [0.717, 1.165) is 10.7 Å². The standard InChI is InChI=1S/C13H14I3NO3/c14-8-5-9(11(16)10(15)6-8)12(19)17-13(7-18)1-3-20-4-2-13/h5-6,18H,1-4,7H2,(H,17,19). The van der Waals surface area contributed by atoms with Gasteiger partial charge in [0, 0.05) is 23.9 Å². The maximum absolute atomic E-state index is 12.5. The van der Waals surface area contributed by atoms with Gasteiger partial charge in [-0.15, -0.1) is 0 Å². The Morgan fingerprint density at radius 3 is 2.55 bits per heavy atom. The summed E-state index contributed by atoms with van der Waals surface area (Å²) in [6, 6.07) is 3.92. The molecule has 2 rings (SSSR count). The smallest absolute Gasteiger partial charge is 0.252 e. The molecule has 1 fully saturated rings. The van der Waals surface area contributed by atoms with Gasteiger partial charge in [-0.25, -0.2) is 0 Å². The molecule has 0 aliphatic carbocycles.